The van der Waals surface area contributed by atoms with Crippen LogP contribution in [0.4, 0.5) is 5.69 Å². The van der Waals surface area contributed by atoms with Crippen LogP contribution in [-0.4, -0.2) is 18.5 Å². The van der Waals surface area contributed by atoms with E-state index in [1.165, 1.54) is 18.4 Å². The van der Waals surface area contributed by atoms with Gasteiger partial charge in [0.15, 0.2) is 0 Å². The number of amides is 1. The predicted octanol–water partition coefficient (Wildman–Crippen LogP) is 3.35. The van der Waals surface area contributed by atoms with E-state index >= 15 is 0 Å². The van der Waals surface area contributed by atoms with Crippen molar-refractivity contribution >= 4 is 11.6 Å². The zero-order chi connectivity index (χ0) is 13.9. The van der Waals surface area contributed by atoms with Gasteiger partial charge in [-0.05, 0) is 49.3 Å². The monoisotopic (exact) mass is 272 g/mol. The first-order valence-corrected chi connectivity index (χ1v) is 7.90. The summed E-state index contributed by atoms with van der Waals surface area (Å²) in [4.78, 5) is 12.6. The van der Waals surface area contributed by atoms with Crippen molar-refractivity contribution in [2.24, 2.45) is 5.92 Å². The maximum Gasteiger partial charge on any atom is 0.251 e. The van der Waals surface area contributed by atoms with Crippen LogP contribution in [0.15, 0.2) is 18.2 Å². The second-order valence-electron chi connectivity index (χ2n) is 6.30. The fourth-order valence-corrected chi connectivity index (χ4v) is 3.55. The molecule has 1 saturated carbocycles. The first-order chi connectivity index (χ1) is 9.74. The van der Waals surface area contributed by atoms with Crippen LogP contribution < -0.4 is 10.6 Å². The van der Waals surface area contributed by atoms with Crippen LogP contribution in [0.25, 0.3) is 0 Å². The maximum absolute atomic E-state index is 12.6. The topological polar surface area (TPSA) is 41.1 Å². The molecule has 1 aromatic carbocycles. The molecule has 3 heteroatoms. The van der Waals surface area contributed by atoms with Crippen LogP contribution >= 0.6 is 0 Å². The number of carbonyl (C=O) groups excluding carboxylic acids is 1. The van der Waals surface area contributed by atoms with Crippen molar-refractivity contribution in [1.29, 1.82) is 0 Å². The molecule has 3 nitrogen and oxygen atoms in total. The van der Waals surface area contributed by atoms with Crippen molar-refractivity contribution < 1.29 is 4.79 Å². The fourth-order valence-electron chi connectivity index (χ4n) is 3.55. The molecule has 0 spiro atoms. The highest BCUT2D eigenvalue weighted by molar-refractivity contribution is 5.97. The molecule has 108 valence electrons. The molecular weight excluding hydrogens is 248 g/mol. The second-order valence-corrected chi connectivity index (χ2v) is 6.30. The van der Waals surface area contributed by atoms with Gasteiger partial charge in [-0.2, -0.15) is 0 Å². The van der Waals surface area contributed by atoms with E-state index in [9.17, 15) is 4.79 Å². The Hall–Kier alpha value is -1.51. The largest absolute Gasteiger partial charge is 0.385 e. The molecule has 0 radical (unpaired) electrons. The Balaban J connectivity index is 1.74. The number of anilines is 1. The predicted molar refractivity (Wildman–Crippen MR) is 82.1 cm³/mol. The van der Waals surface area contributed by atoms with Crippen molar-refractivity contribution in [3.8, 4) is 0 Å². The summed E-state index contributed by atoms with van der Waals surface area (Å²) in [5, 5.41) is 6.64. The minimum absolute atomic E-state index is 0.115. The zero-order valence-corrected chi connectivity index (χ0v) is 12.2. The zero-order valence-electron chi connectivity index (χ0n) is 12.2. The molecule has 1 amide bonds. The molecule has 20 heavy (non-hydrogen) atoms. The van der Waals surface area contributed by atoms with Gasteiger partial charge < -0.3 is 10.6 Å². The SMILES string of the molecule is CC1CCCC(NC(=O)c2cccc3c2CCCN3)C1. The van der Waals surface area contributed by atoms with E-state index < -0.39 is 0 Å². The summed E-state index contributed by atoms with van der Waals surface area (Å²) in [6.07, 6.45) is 6.91. The Labute approximate surface area is 121 Å². The van der Waals surface area contributed by atoms with Gasteiger partial charge in [-0.25, -0.2) is 0 Å². The van der Waals surface area contributed by atoms with Crippen LogP contribution in [0, 0.1) is 5.92 Å². The van der Waals surface area contributed by atoms with E-state index in [1.54, 1.807) is 0 Å². The highest BCUT2D eigenvalue weighted by Gasteiger charge is 2.23. The molecule has 1 aromatic rings. The molecule has 2 aliphatic rings. The Kier molecular flexibility index (Phi) is 3.95. The van der Waals surface area contributed by atoms with E-state index in [0.717, 1.165) is 49.4 Å². The molecule has 2 unspecified atom stereocenters. The van der Waals surface area contributed by atoms with Gasteiger partial charge >= 0.3 is 0 Å². The average Bonchev–Trinajstić information content (AvgIpc) is 2.46. The summed E-state index contributed by atoms with van der Waals surface area (Å²) in [5.41, 5.74) is 3.20. The summed E-state index contributed by atoms with van der Waals surface area (Å²) in [5.74, 6) is 0.852. The number of hydrogen-bond acceptors (Lipinski definition) is 2. The number of rotatable bonds is 2. The normalized spacial score (nSPS) is 25.4. The number of nitrogens with one attached hydrogen (secondary N) is 2. The summed E-state index contributed by atoms with van der Waals surface area (Å²) in [7, 11) is 0. The molecular formula is C17H24N2O. The highest BCUT2D eigenvalue weighted by atomic mass is 16.1. The van der Waals surface area contributed by atoms with E-state index in [-0.39, 0.29) is 5.91 Å². The lowest BCUT2D eigenvalue weighted by Gasteiger charge is -2.28. The number of carbonyl (C=O) groups is 1. The van der Waals surface area contributed by atoms with Crippen LogP contribution in [0.3, 0.4) is 0 Å². The minimum Gasteiger partial charge on any atom is -0.385 e. The molecule has 2 N–H and O–H groups in total. The second kappa shape index (κ2) is 5.86. The molecule has 1 heterocycles. The molecule has 1 aliphatic carbocycles. The molecule has 1 aliphatic heterocycles. The first kappa shape index (κ1) is 13.5. The van der Waals surface area contributed by atoms with Crippen LogP contribution in [0.1, 0.15) is 54.9 Å². The number of benzene rings is 1. The van der Waals surface area contributed by atoms with Crippen LogP contribution in [-0.2, 0) is 6.42 Å². The standard InChI is InChI=1S/C17H24N2O/c1-12-5-2-6-13(11-12)19-17(20)15-7-3-9-16-14(15)8-4-10-18-16/h3,7,9,12-13,18H,2,4-6,8,10-11H2,1H3,(H,19,20). The molecule has 0 bridgehead atoms. The van der Waals surface area contributed by atoms with E-state index in [4.69, 9.17) is 0 Å². The van der Waals surface area contributed by atoms with Gasteiger partial charge in [-0.1, -0.05) is 25.8 Å². The van der Waals surface area contributed by atoms with Crippen molar-refractivity contribution in [2.45, 2.75) is 51.5 Å². The average molecular weight is 272 g/mol. The minimum atomic E-state index is 0.115. The molecule has 1 fully saturated rings. The number of fused-ring (bicyclic) bond motifs is 1. The third-order valence-corrected chi connectivity index (χ3v) is 4.61. The Bertz CT molecular complexity index is 498. The van der Waals surface area contributed by atoms with Crippen molar-refractivity contribution in [2.75, 3.05) is 11.9 Å². The van der Waals surface area contributed by atoms with Crippen molar-refractivity contribution in [3.63, 3.8) is 0 Å². The van der Waals surface area contributed by atoms with Gasteiger partial charge in [0.25, 0.3) is 5.91 Å². The molecule has 3 rings (SSSR count). The van der Waals surface area contributed by atoms with Crippen LogP contribution in [0.5, 0.6) is 0 Å². The quantitative estimate of drug-likeness (QED) is 0.867. The summed E-state index contributed by atoms with van der Waals surface area (Å²) in [6.45, 7) is 3.30. The van der Waals surface area contributed by atoms with Gasteiger partial charge in [0.1, 0.15) is 0 Å². The molecule has 2 atom stereocenters. The molecule has 0 aromatic heterocycles. The fraction of sp³-hybridized carbons (Fsp3) is 0.588. The summed E-state index contributed by atoms with van der Waals surface area (Å²) in [6, 6.07) is 6.38. The lowest BCUT2D eigenvalue weighted by molar-refractivity contribution is 0.0920. The Morgan fingerprint density at radius 1 is 1.30 bits per heavy atom. The van der Waals surface area contributed by atoms with Gasteiger partial charge in [-0.3, -0.25) is 4.79 Å². The smallest absolute Gasteiger partial charge is 0.251 e. The van der Waals surface area contributed by atoms with Crippen molar-refractivity contribution in [3.05, 3.63) is 29.3 Å². The van der Waals surface area contributed by atoms with Gasteiger partial charge in [0.05, 0.1) is 0 Å². The van der Waals surface area contributed by atoms with E-state index in [1.807, 2.05) is 12.1 Å². The van der Waals surface area contributed by atoms with Crippen molar-refractivity contribution in [1.82, 2.24) is 5.32 Å². The number of hydrogen-bond donors (Lipinski definition) is 2. The van der Waals surface area contributed by atoms with Gasteiger partial charge in [0, 0.05) is 23.8 Å². The lowest BCUT2D eigenvalue weighted by atomic mass is 9.87. The third kappa shape index (κ3) is 2.82. The van der Waals surface area contributed by atoms with Crippen LogP contribution in [0.2, 0.25) is 0 Å². The third-order valence-electron chi connectivity index (χ3n) is 4.61. The van der Waals surface area contributed by atoms with E-state index in [2.05, 4.69) is 23.6 Å². The van der Waals surface area contributed by atoms with E-state index in [0.29, 0.717) is 6.04 Å². The van der Waals surface area contributed by atoms with Gasteiger partial charge in [-0.15, -0.1) is 0 Å². The summed E-state index contributed by atoms with van der Waals surface area (Å²) < 4.78 is 0. The Morgan fingerprint density at radius 2 is 2.20 bits per heavy atom. The Morgan fingerprint density at radius 3 is 3.05 bits per heavy atom. The first-order valence-electron chi connectivity index (χ1n) is 7.90. The maximum atomic E-state index is 12.6. The lowest BCUT2D eigenvalue weighted by Crippen LogP contribution is -2.38. The van der Waals surface area contributed by atoms with Gasteiger partial charge in [0.2, 0.25) is 0 Å². The highest BCUT2D eigenvalue weighted by Crippen LogP contribution is 2.27. The molecule has 0 saturated heterocycles. The summed E-state index contributed by atoms with van der Waals surface area (Å²) >= 11 is 0.